The molecule has 4 nitrogen and oxygen atoms in total. The van der Waals surface area contributed by atoms with Gasteiger partial charge in [-0.15, -0.1) is 0 Å². The minimum atomic E-state index is -0.633. The van der Waals surface area contributed by atoms with Gasteiger partial charge in [-0.2, -0.15) is 0 Å². The molecular weight excluding hydrogens is 308 g/mol. The van der Waals surface area contributed by atoms with E-state index in [1.807, 2.05) is 19.1 Å². The van der Waals surface area contributed by atoms with Crippen molar-refractivity contribution >= 4 is 27.7 Å². The molecule has 0 atom stereocenters. The molecule has 2 N–H and O–H groups in total. The summed E-state index contributed by atoms with van der Waals surface area (Å²) in [6.45, 7) is 5.80. The Labute approximate surface area is 122 Å². The number of carbonyl (C=O) groups excluding carboxylic acids is 2. The lowest BCUT2D eigenvalue weighted by atomic mass is 9.92. The smallest absolute Gasteiger partial charge is 0.251 e. The fourth-order valence-electron chi connectivity index (χ4n) is 1.69. The van der Waals surface area contributed by atoms with Gasteiger partial charge in [0.1, 0.15) is 0 Å². The molecule has 0 saturated carbocycles. The number of carbonyl (C=O) groups is 2. The molecule has 0 radical (unpaired) electrons. The summed E-state index contributed by atoms with van der Waals surface area (Å²) in [4.78, 5) is 23.7. The first-order chi connectivity index (χ1) is 8.76. The second-order valence-corrected chi connectivity index (χ2v) is 6.08. The molecule has 19 heavy (non-hydrogen) atoms. The SMILES string of the molecule is CNC(=O)C(C)(C)CNC(=O)c1cc(C)cc(Br)c1. The van der Waals surface area contributed by atoms with Gasteiger partial charge in [0, 0.05) is 23.6 Å². The molecule has 5 heteroatoms. The van der Waals surface area contributed by atoms with Gasteiger partial charge in [0.2, 0.25) is 5.91 Å². The van der Waals surface area contributed by atoms with Gasteiger partial charge < -0.3 is 10.6 Å². The number of benzene rings is 1. The van der Waals surface area contributed by atoms with Crippen molar-refractivity contribution in [2.75, 3.05) is 13.6 Å². The third kappa shape index (κ3) is 4.35. The van der Waals surface area contributed by atoms with Crippen molar-refractivity contribution in [3.63, 3.8) is 0 Å². The molecule has 0 aliphatic heterocycles. The Balaban J connectivity index is 2.73. The Morgan fingerprint density at radius 3 is 2.42 bits per heavy atom. The largest absolute Gasteiger partial charge is 0.359 e. The molecule has 104 valence electrons. The predicted molar refractivity (Wildman–Crippen MR) is 79.1 cm³/mol. The summed E-state index contributed by atoms with van der Waals surface area (Å²) >= 11 is 3.36. The average molecular weight is 327 g/mol. The van der Waals surface area contributed by atoms with Gasteiger partial charge in [0.05, 0.1) is 5.41 Å². The van der Waals surface area contributed by atoms with Crippen LogP contribution < -0.4 is 10.6 Å². The third-order valence-electron chi connectivity index (χ3n) is 2.84. The summed E-state index contributed by atoms with van der Waals surface area (Å²) in [5.41, 5.74) is 0.954. The highest BCUT2D eigenvalue weighted by Gasteiger charge is 2.27. The molecule has 0 aliphatic carbocycles. The highest BCUT2D eigenvalue weighted by Crippen LogP contribution is 2.17. The van der Waals surface area contributed by atoms with Gasteiger partial charge in [0.25, 0.3) is 5.91 Å². The summed E-state index contributed by atoms with van der Waals surface area (Å²) in [6, 6.07) is 5.51. The first-order valence-corrected chi connectivity index (χ1v) is 6.83. The molecule has 2 amide bonds. The summed E-state index contributed by atoms with van der Waals surface area (Å²) in [5.74, 6) is -0.278. The molecule has 0 aliphatic rings. The number of amides is 2. The van der Waals surface area contributed by atoms with Crippen LogP contribution in [0, 0.1) is 12.3 Å². The van der Waals surface area contributed by atoms with E-state index in [1.165, 1.54) is 0 Å². The van der Waals surface area contributed by atoms with E-state index in [2.05, 4.69) is 26.6 Å². The first-order valence-electron chi connectivity index (χ1n) is 6.04. The summed E-state index contributed by atoms with van der Waals surface area (Å²) in [6.07, 6.45) is 0. The minimum absolute atomic E-state index is 0.0989. The van der Waals surface area contributed by atoms with Gasteiger partial charge >= 0.3 is 0 Å². The van der Waals surface area contributed by atoms with Crippen LogP contribution in [0.4, 0.5) is 0 Å². The van der Waals surface area contributed by atoms with Crippen molar-refractivity contribution in [2.24, 2.45) is 5.41 Å². The fourth-order valence-corrected chi connectivity index (χ4v) is 2.30. The zero-order valence-electron chi connectivity index (χ0n) is 11.6. The Kier molecular flexibility index (Phi) is 5.11. The standard InChI is InChI=1S/C14H19BrN2O2/c1-9-5-10(7-11(15)6-9)12(18)17-8-14(2,3)13(19)16-4/h5-7H,8H2,1-4H3,(H,16,19)(H,17,18). The van der Waals surface area contributed by atoms with E-state index < -0.39 is 5.41 Å². The van der Waals surface area contributed by atoms with E-state index >= 15 is 0 Å². The van der Waals surface area contributed by atoms with E-state index in [0.29, 0.717) is 5.56 Å². The van der Waals surface area contributed by atoms with Gasteiger partial charge in [-0.25, -0.2) is 0 Å². The molecule has 0 spiro atoms. The predicted octanol–water partition coefficient (Wildman–Crippen LogP) is 2.26. The van der Waals surface area contributed by atoms with Crippen LogP contribution in [0.3, 0.4) is 0 Å². The highest BCUT2D eigenvalue weighted by molar-refractivity contribution is 9.10. The van der Waals surface area contributed by atoms with Crippen molar-refractivity contribution in [3.05, 3.63) is 33.8 Å². The van der Waals surface area contributed by atoms with Crippen LogP contribution in [-0.4, -0.2) is 25.4 Å². The topological polar surface area (TPSA) is 58.2 Å². The zero-order chi connectivity index (χ0) is 14.6. The summed E-state index contributed by atoms with van der Waals surface area (Å²) in [5, 5.41) is 5.38. The molecule has 1 rings (SSSR count). The van der Waals surface area contributed by atoms with Crippen LogP contribution in [0.25, 0.3) is 0 Å². The van der Waals surface area contributed by atoms with Crippen molar-refractivity contribution in [3.8, 4) is 0 Å². The Morgan fingerprint density at radius 2 is 1.89 bits per heavy atom. The molecule has 0 saturated heterocycles. The molecule has 1 aromatic carbocycles. The van der Waals surface area contributed by atoms with E-state index in [9.17, 15) is 9.59 Å². The van der Waals surface area contributed by atoms with Crippen molar-refractivity contribution in [1.82, 2.24) is 10.6 Å². The van der Waals surface area contributed by atoms with Gasteiger partial charge in [-0.1, -0.05) is 15.9 Å². The maximum atomic E-state index is 12.0. The van der Waals surface area contributed by atoms with Gasteiger partial charge in [-0.05, 0) is 44.5 Å². The molecule has 0 bridgehead atoms. The lowest BCUT2D eigenvalue weighted by Gasteiger charge is -2.22. The number of halogens is 1. The van der Waals surface area contributed by atoms with Crippen LogP contribution in [0.15, 0.2) is 22.7 Å². The van der Waals surface area contributed by atoms with E-state index in [4.69, 9.17) is 0 Å². The Hall–Kier alpha value is -1.36. The molecule has 0 fully saturated rings. The van der Waals surface area contributed by atoms with Gasteiger partial charge in [0.15, 0.2) is 0 Å². The van der Waals surface area contributed by atoms with Crippen LogP contribution in [-0.2, 0) is 4.79 Å². The van der Waals surface area contributed by atoms with Gasteiger partial charge in [-0.3, -0.25) is 9.59 Å². The quantitative estimate of drug-likeness (QED) is 0.891. The number of hydrogen-bond donors (Lipinski definition) is 2. The normalized spacial score (nSPS) is 11.0. The third-order valence-corrected chi connectivity index (χ3v) is 3.29. The van der Waals surface area contributed by atoms with Crippen LogP contribution in [0.2, 0.25) is 0 Å². The monoisotopic (exact) mass is 326 g/mol. The number of aryl methyl sites for hydroxylation is 1. The Bertz CT molecular complexity index is 478. The number of nitrogens with one attached hydrogen (secondary N) is 2. The van der Waals surface area contributed by atoms with E-state index in [1.54, 1.807) is 27.0 Å². The summed E-state index contributed by atoms with van der Waals surface area (Å²) < 4.78 is 0.864. The molecular formula is C14H19BrN2O2. The molecule has 0 aromatic heterocycles. The first kappa shape index (κ1) is 15.7. The van der Waals surface area contributed by atoms with Crippen LogP contribution >= 0.6 is 15.9 Å². The fraction of sp³-hybridized carbons (Fsp3) is 0.429. The van der Waals surface area contributed by atoms with E-state index in [-0.39, 0.29) is 18.4 Å². The second kappa shape index (κ2) is 6.19. The van der Waals surface area contributed by atoms with Crippen molar-refractivity contribution in [1.29, 1.82) is 0 Å². The maximum absolute atomic E-state index is 12.0. The molecule has 0 heterocycles. The number of hydrogen-bond acceptors (Lipinski definition) is 2. The van der Waals surface area contributed by atoms with Crippen LogP contribution in [0.5, 0.6) is 0 Å². The van der Waals surface area contributed by atoms with E-state index in [0.717, 1.165) is 10.0 Å². The second-order valence-electron chi connectivity index (χ2n) is 5.16. The van der Waals surface area contributed by atoms with Crippen LogP contribution in [0.1, 0.15) is 29.8 Å². The zero-order valence-corrected chi connectivity index (χ0v) is 13.2. The lowest BCUT2D eigenvalue weighted by molar-refractivity contribution is -0.128. The summed E-state index contributed by atoms with van der Waals surface area (Å²) in [7, 11) is 1.59. The average Bonchev–Trinajstić information content (AvgIpc) is 2.33. The Morgan fingerprint density at radius 1 is 1.26 bits per heavy atom. The van der Waals surface area contributed by atoms with Crippen molar-refractivity contribution < 1.29 is 9.59 Å². The highest BCUT2D eigenvalue weighted by atomic mass is 79.9. The molecule has 0 unspecified atom stereocenters. The van der Waals surface area contributed by atoms with Crippen molar-refractivity contribution in [2.45, 2.75) is 20.8 Å². The molecule has 1 aromatic rings. The minimum Gasteiger partial charge on any atom is -0.359 e. The lowest BCUT2D eigenvalue weighted by Crippen LogP contribution is -2.43. The maximum Gasteiger partial charge on any atom is 0.251 e. The number of rotatable bonds is 4.